The van der Waals surface area contributed by atoms with Crippen molar-refractivity contribution in [2.45, 2.75) is 39.0 Å². The molecule has 102 valence electrons. The van der Waals surface area contributed by atoms with E-state index in [4.69, 9.17) is 10.9 Å². The minimum atomic E-state index is -0.748. The largest absolute Gasteiger partial charge is 0.409 e. The van der Waals surface area contributed by atoms with Crippen LogP contribution in [0.15, 0.2) is 5.16 Å². The number of hydrogen-bond acceptors (Lipinski definition) is 3. The minimum Gasteiger partial charge on any atom is -0.409 e. The van der Waals surface area contributed by atoms with Gasteiger partial charge in [0, 0.05) is 13.6 Å². The maximum absolute atomic E-state index is 12.6. The molecule has 0 bridgehead atoms. The number of amidine groups is 1. The summed E-state index contributed by atoms with van der Waals surface area (Å²) in [4.78, 5) is 14.4. The molecular weight excluding hydrogens is 230 g/mol. The summed E-state index contributed by atoms with van der Waals surface area (Å²) in [5.74, 6) is 1.46. The molecule has 2 aliphatic carbocycles. The van der Waals surface area contributed by atoms with Crippen LogP contribution in [0.4, 0.5) is 0 Å². The van der Waals surface area contributed by atoms with E-state index in [2.05, 4.69) is 12.1 Å². The van der Waals surface area contributed by atoms with E-state index in [1.54, 1.807) is 4.90 Å². The van der Waals surface area contributed by atoms with E-state index in [9.17, 15) is 4.79 Å². The molecule has 2 aliphatic rings. The van der Waals surface area contributed by atoms with E-state index in [0.717, 1.165) is 25.3 Å². The van der Waals surface area contributed by atoms with Gasteiger partial charge in [-0.2, -0.15) is 0 Å². The van der Waals surface area contributed by atoms with E-state index >= 15 is 0 Å². The second-order valence-electron chi connectivity index (χ2n) is 5.93. The number of carbonyl (C=O) groups excluding carboxylic acids is 1. The van der Waals surface area contributed by atoms with Crippen molar-refractivity contribution in [3.05, 3.63) is 0 Å². The Morgan fingerprint density at radius 3 is 2.50 bits per heavy atom. The van der Waals surface area contributed by atoms with E-state index in [-0.39, 0.29) is 11.7 Å². The lowest BCUT2D eigenvalue weighted by atomic mass is 9.83. The van der Waals surface area contributed by atoms with Crippen molar-refractivity contribution in [2.75, 3.05) is 13.6 Å². The second-order valence-corrected chi connectivity index (χ2v) is 5.93. The lowest BCUT2D eigenvalue weighted by Crippen LogP contribution is -2.49. The Kier molecular flexibility index (Phi) is 3.50. The predicted octanol–water partition coefficient (Wildman–Crippen LogP) is 1.41. The zero-order valence-electron chi connectivity index (χ0n) is 11.2. The number of amides is 1. The lowest BCUT2D eigenvalue weighted by molar-refractivity contribution is -0.137. The van der Waals surface area contributed by atoms with Crippen molar-refractivity contribution in [2.24, 2.45) is 28.1 Å². The summed E-state index contributed by atoms with van der Waals surface area (Å²) in [6.07, 6.45) is 4.54. The van der Waals surface area contributed by atoms with E-state index < -0.39 is 5.41 Å². The van der Waals surface area contributed by atoms with Gasteiger partial charge < -0.3 is 15.8 Å². The van der Waals surface area contributed by atoms with Gasteiger partial charge in [0.25, 0.3) is 0 Å². The molecule has 18 heavy (non-hydrogen) atoms. The Labute approximate surface area is 108 Å². The van der Waals surface area contributed by atoms with Crippen LogP contribution in [0.1, 0.15) is 39.0 Å². The quantitative estimate of drug-likeness (QED) is 0.344. The fraction of sp³-hybridized carbons (Fsp3) is 0.846. The number of nitrogens with two attached hydrogens (primary N) is 1. The van der Waals surface area contributed by atoms with Crippen molar-refractivity contribution in [3.8, 4) is 0 Å². The smallest absolute Gasteiger partial charge is 0.236 e. The van der Waals surface area contributed by atoms with Gasteiger partial charge >= 0.3 is 0 Å². The van der Waals surface area contributed by atoms with Crippen LogP contribution in [0, 0.1) is 17.3 Å². The van der Waals surface area contributed by atoms with Crippen molar-refractivity contribution < 1.29 is 10.0 Å². The molecule has 1 amide bonds. The minimum absolute atomic E-state index is 0.0226. The first-order chi connectivity index (χ1) is 8.51. The average molecular weight is 253 g/mol. The maximum Gasteiger partial charge on any atom is 0.236 e. The van der Waals surface area contributed by atoms with Gasteiger partial charge in [-0.1, -0.05) is 24.9 Å². The van der Waals surface area contributed by atoms with Gasteiger partial charge in [0.05, 0.1) is 0 Å². The third-order valence-electron chi connectivity index (χ3n) is 4.60. The second kappa shape index (κ2) is 4.78. The van der Waals surface area contributed by atoms with Gasteiger partial charge in [0.1, 0.15) is 5.41 Å². The van der Waals surface area contributed by atoms with Crippen molar-refractivity contribution >= 4 is 11.7 Å². The van der Waals surface area contributed by atoms with Crippen LogP contribution < -0.4 is 5.73 Å². The molecule has 0 aromatic heterocycles. The zero-order valence-corrected chi connectivity index (χ0v) is 11.2. The van der Waals surface area contributed by atoms with Gasteiger partial charge in [0.15, 0.2) is 5.84 Å². The number of oxime groups is 1. The Morgan fingerprint density at radius 2 is 2.06 bits per heavy atom. The summed E-state index contributed by atoms with van der Waals surface area (Å²) >= 11 is 0. The van der Waals surface area contributed by atoms with Crippen LogP contribution in [-0.4, -0.2) is 35.4 Å². The highest BCUT2D eigenvalue weighted by molar-refractivity contribution is 6.06. The van der Waals surface area contributed by atoms with Crippen LogP contribution in [0.2, 0.25) is 0 Å². The molecule has 2 unspecified atom stereocenters. The third-order valence-corrected chi connectivity index (χ3v) is 4.60. The van der Waals surface area contributed by atoms with Crippen LogP contribution in [-0.2, 0) is 4.79 Å². The van der Waals surface area contributed by atoms with Gasteiger partial charge in [-0.3, -0.25) is 4.79 Å². The van der Waals surface area contributed by atoms with E-state index in [1.807, 2.05) is 7.05 Å². The molecule has 5 heteroatoms. The van der Waals surface area contributed by atoms with Crippen LogP contribution >= 0.6 is 0 Å². The number of hydrogen-bond donors (Lipinski definition) is 2. The third kappa shape index (κ3) is 2.18. The van der Waals surface area contributed by atoms with Crippen LogP contribution in [0.3, 0.4) is 0 Å². The summed E-state index contributed by atoms with van der Waals surface area (Å²) in [6, 6.07) is 0. The monoisotopic (exact) mass is 253 g/mol. The van der Waals surface area contributed by atoms with E-state index in [1.165, 1.54) is 6.42 Å². The Bertz CT molecular complexity index is 361. The molecule has 2 saturated carbocycles. The molecule has 0 heterocycles. The first-order valence-corrected chi connectivity index (χ1v) is 6.75. The normalized spacial score (nSPS) is 30.2. The molecular formula is C13H23N3O2. The molecule has 2 rings (SSSR count). The Hall–Kier alpha value is -1.26. The van der Waals surface area contributed by atoms with Gasteiger partial charge in [-0.15, -0.1) is 0 Å². The highest BCUT2D eigenvalue weighted by atomic mass is 16.4. The zero-order chi connectivity index (χ0) is 13.3. The molecule has 3 N–H and O–H groups in total. The van der Waals surface area contributed by atoms with E-state index in [0.29, 0.717) is 18.8 Å². The van der Waals surface area contributed by atoms with Crippen LogP contribution in [0.5, 0.6) is 0 Å². The lowest BCUT2D eigenvalue weighted by Gasteiger charge is -2.31. The predicted molar refractivity (Wildman–Crippen MR) is 69.2 cm³/mol. The maximum atomic E-state index is 12.6. The number of rotatable bonds is 4. The van der Waals surface area contributed by atoms with Gasteiger partial charge in [-0.25, -0.2) is 0 Å². The fourth-order valence-electron chi connectivity index (χ4n) is 3.11. The molecule has 2 fully saturated rings. The SMILES string of the molecule is CC1CC1CN(C)C(=O)C1(C(N)=NO)CCCC1. The summed E-state index contributed by atoms with van der Waals surface area (Å²) < 4.78 is 0. The summed E-state index contributed by atoms with van der Waals surface area (Å²) in [5.41, 5.74) is 5.03. The highest BCUT2D eigenvalue weighted by Crippen LogP contribution is 2.42. The topological polar surface area (TPSA) is 78.9 Å². The standard InChI is InChI=1S/C13H23N3O2/c1-9-7-10(9)8-16(2)12(17)13(11(14)15-18)5-3-4-6-13/h9-10,18H,3-8H2,1-2H3,(H2,14,15). The fourth-order valence-corrected chi connectivity index (χ4v) is 3.11. The summed E-state index contributed by atoms with van der Waals surface area (Å²) in [5, 5.41) is 12.0. The molecule has 5 nitrogen and oxygen atoms in total. The van der Waals surface area contributed by atoms with Crippen molar-refractivity contribution in [1.82, 2.24) is 4.90 Å². The first kappa shape index (κ1) is 13.2. The summed E-state index contributed by atoms with van der Waals surface area (Å²) in [6.45, 7) is 3.00. The highest BCUT2D eigenvalue weighted by Gasteiger charge is 2.47. The average Bonchev–Trinajstić information content (AvgIpc) is 2.85. The van der Waals surface area contributed by atoms with Crippen molar-refractivity contribution in [3.63, 3.8) is 0 Å². The first-order valence-electron chi connectivity index (χ1n) is 6.75. The molecule has 0 spiro atoms. The molecule has 0 aromatic rings. The van der Waals surface area contributed by atoms with Gasteiger partial charge in [0.2, 0.25) is 5.91 Å². The molecule has 0 aliphatic heterocycles. The number of carbonyl (C=O) groups is 1. The van der Waals surface area contributed by atoms with Gasteiger partial charge in [-0.05, 0) is 31.1 Å². The van der Waals surface area contributed by atoms with Crippen LogP contribution in [0.25, 0.3) is 0 Å². The number of nitrogens with zero attached hydrogens (tertiary/aromatic N) is 2. The Balaban J connectivity index is 2.08. The molecule has 0 saturated heterocycles. The summed E-state index contributed by atoms with van der Waals surface area (Å²) in [7, 11) is 1.83. The van der Waals surface area contributed by atoms with Crippen molar-refractivity contribution in [1.29, 1.82) is 0 Å². The molecule has 0 aromatic carbocycles. The molecule has 2 atom stereocenters. The Morgan fingerprint density at radius 1 is 1.50 bits per heavy atom. The molecule has 0 radical (unpaired) electrons.